The Kier molecular flexibility index (Phi) is 6.51. The molecule has 0 spiro atoms. The molecule has 0 aliphatic carbocycles. The number of fused-ring (bicyclic) bond motifs is 3. The molecular formula is C42H30N2. The Morgan fingerprint density at radius 2 is 0.886 bits per heavy atom. The van der Waals surface area contributed by atoms with Crippen LogP contribution in [0.1, 0.15) is 0 Å². The number of nitrogens with zero attached hydrogens (tertiary/aromatic N) is 1. The molecule has 0 fully saturated rings. The van der Waals surface area contributed by atoms with Crippen molar-refractivity contribution in [2.45, 2.75) is 0 Å². The van der Waals surface area contributed by atoms with Crippen LogP contribution in [0.25, 0.3) is 55.2 Å². The van der Waals surface area contributed by atoms with Gasteiger partial charge in [0, 0.05) is 44.2 Å². The molecule has 0 saturated heterocycles. The normalized spacial score (nSPS) is 11.2. The second kappa shape index (κ2) is 11.1. The molecule has 0 radical (unpaired) electrons. The number of benzene rings is 7. The molecule has 1 aromatic heterocycles. The molecule has 0 aliphatic rings. The van der Waals surface area contributed by atoms with Gasteiger partial charge in [-0.15, -0.1) is 0 Å². The average Bonchev–Trinajstić information content (AvgIpc) is 3.49. The first kappa shape index (κ1) is 25.8. The molecule has 208 valence electrons. The van der Waals surface area contributed by atoms with Gasteiger partial charge in [0.2, 0.25) is 0 Å². The summed E-state index contributed by atoms with van der Waals surface area (Å²) in [6.45, 7) is 0. The molecular weight excluding hydrogens is 532 g/mol. The quantitative estimate of drug-likeness (QED) is 0.214. The summed E-state index contributed by atoms with van der Waals surface area (Å²) in [5.74, 6) is 0. The average molecular weight is 563 g/mol. The fourth-order valence-corrected chi connectivity index (χ4v) is 6.45. The SMILES string of the molecule is c1ccc(-c2ccccc2N(c2ccccc2)c2c(-c3ccccc3)cccc2-c2cccc3c2[nH]c2ccccc23)cc1. The molecule has 0 amide bonds. The van der Waals surface area contributed by atoms with Crippen molar-refractivity contribution in [1.29, 1.82) is 0 Å². The highest BCUT2D eigenvalue weighted by molar-refractivity contribution is 6.14. The van der Waals surface area contributed by atoms with Crippen LogP contribution in [-0.2, 0) is 0 Å². The van der Waals surface area contributed by atoms with E-state index < -0.39 is 0 Å². The van der Waals surface area contributed by atoms with Crippen LogP contribution in [0.3, 0.4) is 0 Å². The Labute approximate surface area is 257 Å². The monoisotopic (exact) mass is 562 g/mol. The van der Waals surface area contributed by atoms with E-state index in [0.29, 0.717) is 0 Å². The lowest BCUT2D eigenvalue weighted by atomic mass is 9.92. The molecule has 0 bridgehead atoms. The number of rotatable bonds is 6. The van der Waals surface area contributed by atoms with E-state index >= 15 is 0 Å². The van der Waals surface area contributed by atoms with Gasteiger partial charge in [-0.2, -0.15) is 0 Å². The Morgan fingerprint density at radius 1 is 0.364 bits per heavy atom. The van der Waals surface area contributed by atoms with Crippen LogP contribution in [0.5, 0.6) is 0 Å². The zero-order valence-corrected chi connectivity index (χ0v) is 24.2. The number of H-pyrrole nitrogens is 1. The predicted molar refractivity (Wildman–Crippen MR) is 187 cm³/mol. The van der Waals surface area contributed by atoms with Crippen molar-refractivity contribution in [2.75, 3.05) is 4.90 Å². The van der Waals surface area contributed by atoms with Crippen molar-refractivity contribution < 1.29 is 0 Å². The maximum Gasteiger partial charge on any atom is 0.0619 e. The van der Waals surface area contributed by atoms with Crippen molar-refractivity contribution in [2.24, 2.45) is 0 Å². The number of nitrogens with one attached hydrogen (secondary N) is 1. The van der Waals surface area contributed by atoms with Gasteiger partial charge in [0.05, 0.1) is 16.9 Å². The number of anilines is 3. The van der Waals surface area contributed by atoms with Gasteiger partial charge in [-0.05, 0) is 35.4 Å². The summed E-state index contributed by atoms with van der Waals surface area (Å²) in [7, 11) is 0. The Bertz CT molecular complexity index is 2210. The van der Waals surface area contributed by atoms with E-state index in [1.165, 1.54) is 38.6 Å². The number of hydrogen-bond donors (Lipinski definition) is 1. The Hall–Kier alpha value is -5.86. The molecule has 44 heavy (non-hydrogen) atoms. The van der Waals surface area contributed by atoms with Gasteiger partial charge in [0.15, 0.2) is 0 Å². The summed E-state index contributed by atoms with van der Waals surface area (Å²) < 4.78 is 0. The third-order valence-electron chi connectivity index (χ3n) is 8.42. The smallest absolute Gasteiger partial charge is 0.0619 e. The van der Waals surface area contributed by atoms with Crippen molar-refractivity contribution in [3.8, 4) is 33.4 Å². The van der Waals surface area contributed by atoms with Crippen molar-refractivity contribution >= 4 is 38.9 Å². The van der Waals surface area contributed by atoms with Gasteiger partial charge in [-0.1, -0.05) is 152 Å². The first-order valence-electron chi connectivity index (χ1n) is 15.0. The van der Waals surface area contributed by atoms with E-state index in [1.54, 1.807) is 0 Å². The van der Waals surface area contributed by atoms with Gasteiger partial charge in [-0.25, -0.2) is 0 Å². The van der Waals surface area contributed by atoms with Crippen LogP contribution in [0.2, 0.25) is 0 Å². The van der Waals surface area contributed by atoms with Crippen LogP contribution in [0, 0.1) is 0 Å². The van der Waals surface area contributed by atoms with Crippen LogP contribution < -0.4 is 4.90 Å². The zero-order chi connectivity index (χ0) is 29.3. The van der Waals surface area contributed by atoms with Crippen molar-refractivity contribution in [1.82, 2.24) is 4.98 Å². The minimum atomic E-state index is 1.10. The minimum absolute atomic E-state index is 1.10. The molecule has 0 atom stereocenters. The van der Waals surface area contributed by atoms with Crippen LogP contribution in [-0.4, -0.2) is 4.98 Å². The Balaban J connectivity index is 1.49. The summed E-state index contributed by atoms with van der Waals surface area (Å²) in [4.78, 5) is 6.21. The summed E-state index contributed by atoms with van der Waals surface area (Å²) in [5, 5.41) is 2.46. The first-order chi connectivity index (χ1) is 21.9. The largest absolute Gasteiger partial charge is 0.354 e. The lowest BCUT2D eigenvalue weighted by Crippen LogP contribution is -2.13. The molecule has 2 nitrogen and oxygen atoms in total. The topological polar surface area (TPSA) is 19.0 Å². The van der Waals surface area contributed by atoms with Crippen LogP contribution in [0.4, 0.5) is 17.1 Å². The molecule has 8 rings (SSSR count). The summed E-state index contributed by atoms with van der Waals surface area (Å²) in [6, 6.07) is 62.8. The standard InChI is InChI=1S/C42H30N2/c1-4-16-30(17-5-1)33-22-11-13-29-40(33)44(32-20-8-3-9-21-32)42-34(31-18-6-2-7-19-31)24-14-27-38(42)37-26-15-25-36-35-23-10-12-28-39(35)43-41(36)37/h1-29,43H. The van der Waals surface area contributed by atoms with Gasteiger partial charge in [0.25, 0.3) is 0 Å². The second-order valence-electron chi connectivity index (χ2n) is 11.0. The minimum Gasteiger partial charge on any atom is -0.354 e. The summed E-state index contributed by atoms with van der Waals surface area (Å²) >= 11 is 0. The third-order valence-corrected chi connectivity index (χ3v) is 8.42. The van der Waals surface area contributed by atoms with Gasteiger partial charge < -0.3 is 9.88 Å². The molecule has 2 heteroatoms. The van der Waals surface area contributed by atoms with Crippen molar-refractivity contribution in [3.63, 3.8) is 0 Å². The third kappa shape index (κ3) is 4.45. The summed E-state index contributed by atoms with van der Waals surface area (Å²) in [5.41, 5.74) is 12.7. The number of hydrogen-bond acceptors (Lipinski definition) is 1. The van der Waals surface area contributed by atoms with Crippen molar-refractivity contribution in [3.05, 3.63) is 176 Å². The zero-order valence-electron chi connectivity index (χ0n) is 24.2. The number of para-hydroxylation sites is 5. The molecule has 8 aromatic rings. The second-order valence-corrected chi connectivity index (χ2v) is 11.0. The lowest BCUT2D eigenvalue weighted by molar-refractivity contribution is 1.28. The highest BCUT2D eigenvalue weighted by Crippen LogP contribution is 2.50. The fraction of sp³-hybridized carbons (Fsp3) is 0. The van der Waals surface area contributed by atoms with Gasteiger partial charge >= 0.3 is 0 Å². The molecule has 1 N–H and O–H groups in total. The van der Waals surface area contributed by atoms with Gasteiger partial charge in [-0.3, -0.25) is 0 Å². The molecule has 1 heterocycles. The maximum absolute atomic E-state index is 3.77. The fourth-order valence-electron chi connectivity index (χ4n) is 6.45. The van der Waals surface area contributed by atoms with E-state index in [-0.39, 0.29) is 0 Å². The predicted octanol–water partition coefficient (Wildman–Crippen LogP) is 11.8. The maximum atomic E-state index is 3.77. The number of aromatic nitrogens is 1. The van der Waals surface area contributed by atoms with Gasteiger partial charge in [0.1, 0.15) is 0 Å². The van der Waals surface area contributed by atoms with E-state index in [1.807, 2.05) is 0 Å². The molecule has 0 aliphatic heterocycles. The van der Waals surface area contributed by atoms with Crippen LogP contribution >= 0.6 is 0 Å². The first-order valence-corrected chi connectivity index (χ1v) is 15.0. The van der Waals surface area contributed by atoms with E-state index in [2.05, 4.69) is 186 Å². The number of aromatic amines is 1. The summed E-state index contributed by atoms with van der Waals surface area (Å²) in [6.07, 6.45) is 0. The van der Waals surface area contributed by atoms with E-state index in [9.17, 15) is 0 Å². The Morgan fingerprint density at radius 3 is 1.66 bits per heavy atom. The lowest BCUT2D eigenvalue weighted by Gasteiger charge is -2.32. The highest BCUT2D eigenvalue weighted by atomic mass is 15.1. The van der Waals surface area contributed by atoms with E-state index in [4.69, 9.17) is 0 Å². The van der Waals surface area contributed by atoms with Crippen LogP contribution in [0.15, 0.2) is 176 Å². The molecule has 0 saturated carbocycles. The molecule has 7 aromatic carbocycles. The highest BCUT2D eigenvalue weighted by Gasteiger charge is 2.25. The molecule has 0 unspecified atom stereocenters. The van der Waals surface area contributed by atoms with E-state index in [0.717, 1.165) is 33.7 Å².